The number of nitrogens with zero attached hydrogens (tertiary/aromatic N) is 3. The lowest BCUT2D eigenvalue weighted by molar-refractivity contribution is 0.180. The van der Waals surface area contributed by atoms with Gasteiger partial charge < -0.3 is 14.4 Å². The molecular formula is C13H21N3O2. The fourth-order valence-corrected chi connectivity index (χ4v) is 3.73. The summed E-state index contributed by atoms with van der Waals surface area (Å²) in [5, 5.41) is 17.8. The SMILES string of the molecule is COCCn1c(CO)nnc1C1CC2CCC1C2. The molecule has 1 aromatic heterocycles. The zero-order valence-electron chi connectivity index (χ0n) is 10.9. The monoisotopic (exact) mass is 251 g/mol. The lowest BCUT2D eigenvalue weighted by Crippen LogP contribution is -2.18. The van der Waals surface area contributed by atoms with Gasteiger partial charge in [0.05, 0.1) is 6.61 Å². The molecule has 3 rings (SSSR count). The number of aliphatic hydroxyl groups is 1. The Morgan fingerprint density at radius 2 is 2.22 bits per heavy atom. The molecule has 2 saturated carbocycles. The lowest BCUT2D eigenvalue weighted by Gasteiger charge is -2.21. The number of hydrogen-bond acceptors (Lipinski definition) is 4. The van der Waals surface area contributed by atoms with Crippen molar-refractivity contribution < 1.29 is 9.84 Å². The average molecular weight is 251 g/mol. The minimum atomic E-state index is -0.0441. The van der Waals surface area contributed by atoms with Crippen LogP contribution in [0, 0.1) is 11.8 Å². The second-order valence-corrected chi connectivity index (χ2v) is 5.56. The van der Waals surface area contributed by atoms with Crippen molar-refractivity contribution in [3.63, 3.8) is 0 Å². The highest BCUT2D eigenvalue weighted by molar-refractivity contribution is 5.09. The zero-order chi connectivity index (χ0) is 12.5. The van der Waals surface area contributed by atoms with Crippen molar-refractivity contribution in [2.75, 3.05) is 13.7 Å². The van der Waals surface area contributed by atoms with Crippen LogP contribution in [0.4, 0.5) is 0 Å². The molecule has 2 aliphatic carbocycles. The van der Waals surface area contributed by atoms with Gasteiger partial charge in [0.2, 0.25) is 0 Å². The van der Waals surface area contributed by atoms with E-state index < -0.39 is 0 Å². The molecule has 0 saturated heterocycles. The predicted molar refractivity (Wildman–Crippen MR) is 66.0 cm³/mol. The van der Waals surface area contributed by atoms with Gasteiger partial charge in [-0.1, -0.05) is 6.42 Å². The van der Waals surface area contributed by atoms with Gasteiger partial charge in [0.1, 0.15) is 12.4 Å². The summed E-state index contributed by atoms with van der Waals surface area (Å²) in [5.41, 5.74) is 0. The Morgan fingerprint density at radius 3 is 2.83 bits per heavy atom. The average Bonchev–Trinajstić information content (AvgIpc) is 3.09. The molecule has 1 N–H and O–H groups in total. The molecule has 0 spiro atoms. The fraction of sp³-hybridized carbons (Fsp3) is 0.846. The van der Waals surface area contributed by atoms with Crippen molar-refractivity contribution in [1.82, 2.24) is 14.8 Å². The van der Waals surface area contributed by atoms with E-state index in [1.54, 1.807) is 7.11 Å². The van der Waals surface area contributed by atoms with Crippen LogP contribution in [0.15, 0.2) is 0 Å². The van der Waals surface area contributed by atoms with Crippen molar-refractivity contribution in [3.8, 4) is 0 Å². The van der Waals surface area contributed by atoms with Gasteiger partial charge in [0.25, 0.3) is 0 Å². The first-order chi connectivity index (χ1) is 8.83. The first-order valence-corrected chi connectivity index (χ1v) is 6.85. The molecular weight excluding hydrogens is 230 g/mol. The number of rotatable bonds is 5. The Labute approximate surface area is 107 Å². The van der Waals surface area contributed by atoms with Crippen molar-refractivity contribution in [2.45, 2.75) is 44.8 Å². The third-order valence-electron chi connectivity index (χ3n) is 4.59. The molecule has 100 valence electrons. The maximum absolute atomic E-state index is 9.34. The van der Waals surface area contributed by atoms with E-state index in [1.165, 1.54) is 25.7 Å². The minimum absolute atomic E-state index is 0.0441. The molecule has 3 atom stereocenters. The lowest BCUT2D eigenvalue weighted by atomic mass is 9.88. The summed E-state index contributed by atoms with van der Waals surface area (Å²) >= 11 is 0. The molecule has 2 bridgehead atoms. The molecule has 0 aliphatic heterocycles. The molecule has 5 heteroatoms. The Hall–Kier alpha value is -0.940. The van der Waals surface area contributed by atoms with Gasteiger partial charge in [-0.25, -0.2) is 0 Å². The highest BCUT2D eigenvalue weighted by Crippen LogP contribution is 2.52. The maximum atomic E-state index is 9.34. The van der Waals surface area contributed by atoms with E-state index in [0.29, 0.717) is 18.3 Å². The second-order valence-electron chi connectivity index (χ2n) is 5.56. The molecule has 5 nitrogen and oxygen atoms in total. The number of aromatic nitrogens is 3. The summed E-state index contributed by atoms with van der Waals surface area (Å²) in [6.45, 7) is 1.33. The van der Waals surface area contributed by atoms with Crippen LogP contribution in [0.5, 0.6) is 0 Å². The van der Waals surface area contributed by atoms with Gasteiger partial charge in [-0.15, -0.1) is 10.2 Å². The van der Waals surface area contributed by atoms with E-state index >= 15 is 0 Å². The number of ether oxygens (including phenoxy) is 1. The number of methoxy groups -OCH3 is 1. The number of hydrogen-bond donors (Lipinski definition) is 1. The van der Waals surface area contributed by atoms with Gasteiger partial charge in [-0.05, 0) is 31.1 Å². The van der Waals surface area contributed by atoms with E-state index in [9.17, 15) is 5.11 Å². The quantitative estimate of drug-likeness (QED) is 0.857. The molecule has 2 fully saturated rings. The number of fused-ring (bicyclic) bond motifs is 2. The van der Waals surface area contributed by atoms with Crippen LogP contribution in [-0.4, -0.2) is 33.6 Å². The summed E-state index contributed by atoms with van der Waals surface area (Å²) in [4.78, 5) is 0. The first-order valence-electron chi connectivity index (χ1n) is 6.85. The van der Waals surface area contributed by atoms with Gasteiger partial charge in [-0.2, -0.15) is 0 Å². The van der Waals surface area contributed by atoms with E-state index in [-0.39, 0.29) is 6.61 Å². The van der Waals surface area contributed by atoms with Crippen LogP contribution in [0.2, 0.25) is 0 Å². The zero-order valence-corrected chi connectivity index (χ0v) is 10.9. The Kier molecular flexibility index (Phi) is 3.35. The predicted octanol–water partition coefficient (Wildman–Crippen LogP) is 1.32. The maximum Gasteiger partial charge on any atom is 0.158 e. The molecule has 0 amide bonds. The summed E-state index contributed by atoms with van der Waals surface area (Å²) in [6, 6.07) is 0. The fourth-order valence-electron chi connectivity index (χ4n) is 3.73. The Balaban J connectivity index is 1.84. The van der Waals surface area contributed by atoms with Crippen LogP contribution in [0.25, 0.3) is 0 Å². The summed E-state index contributed by atoms with van der Waals surface area (Å²) < 4.78 is 7.20. The topological polar surface area (TPSA) is 60.2 Å². The van der Waals surface area contributed by atoms with Crippen LogP contribution >= 0.6 is 0 Å². The molecule has 2 aliphatic rings. The molecule has 1 aromatic rings. The smallest absolute Gasteiger partial charge is 0.158 e. The van der Waals surface area contributed by atoms with Gasteiger partial charge >= 0.3 is 0 Å². The van der Waals surface area contributed by atoms with Crippen LogP contribution in [0.1, 0.15) is 43.3 Å². The standard InChI is InChI=1S/C13H21N3O2/c1-18-5-4-16-12(8-17)14-15-13(16)11-7-9-2-3-10(11)6-9/h9-11,17H,2-8H2,1H3. The summed E-state index contributed by atoms with van der Waals surface area (Å²) in [5.74, 6) is 3.97. The molecule has 0 radical (unpaired) electrons. The number of aliphatic hydroxyl groups excluding tert-OH is 1. The second kappa shape index (κ2) is 4.97. The molecule has 18 heavy (non-hydrogen) atoms. The highest BCUT2D eigenvalue weighted by atomic mass is 16.5. The third kappa shape index (κ3) is 1.95. The van der Waals surface area contributed by atoms with Crippen molar-refractivity contribution >= 4 is 0 Å². The normalized spacial score (nSPS) is 30.2. The minimum Gasteiger partial charge on any atom is -0.388 e. The third-order valence-corrected chi connectivity index (χ3v) is 4.59. The molecule has 0 aromatic carbocycles. The van der Waals surface area contributed by atoms with Crippen LogP contribution in [-0.2, 0) is 17.9 Å². The van der Waals surface area contributed by atoms with E-state index in [0.717, 1.165) is 24.2 Å². The summed E-state index contributed by atoms with van der Waals surface area (Å²) in [7, 11) is 1.69. The van der Waals surface area contributed by atoms with Crippen LogP contribution in [0.3, 0.4) is 0 Å². The van der Waals surface area contributed by atoms with E-state index in [2.05, 4.69) is 14.8 Å². The van der Waals surface area contributed by atoms with Crippen molar-refractivity contribution in [2.24, 2.45) is 11.8 Å². The van der Waals surface area contributed by atoms with Crippen molar-refractivity contribution in [1.29, 1.82) is 0 Å². The van der Waals surface area contributed by atoms with Crippen LogP contribution < -0.4 is 0 Å². The molecule has 3 unspecified atom stereocenters. The van der Waals surface area contributed by atoms with E-state index in [1.807, 2.05) is 0 Å². The Bertz CT molecular complexity index is 418. The first kappa shape index (κ1) is 12.1. The van der Waals surface area contributed by atoms with E-state index in [4.69, 9.17) is 4.74 Å². The van der Waals surface area contributed by atoms with Crippen molar-refractivity contribution in [3.05, 3.63) is 11.6 Å². The van der Waals surface area contributed by atoms with Gasteiger partial charge in [0.15, 0.2) is 5.82 Å². The Morgan fingerprint density at radius 1 is 1.33 bits per heavy atom. The van der Waals surface area contributed by atoms with Gasteiger partial charge in [-0.3, -0.25) is 0 Å². The summed E-state index contributed by atoms with van der Waals surface area (Å²) in [6.07, 6.45) is 5.33. The highest BCUT2D eigenvalue weighted by Gasteiger charge is 2.42. The molecule has 1 heterocycles. The van der Waals surface area contributed by atoms with Gasteiger partial charge in [0, 0.05) is 19.6 Å². The largest absolute Gasteiger partial charge is 0.388 e.